The highest BCUT2D eigenvalue weighted by atomic mass is 79.9. The number of nitrogens with zero attached hydrogens (tertiary/aromatic N) is 1. The number of nitrogens with one attached hydrogen (secondary N) is 3. The second kappa shape index (κ2) is 7.51. The van der Waals surface area contributed by atoms with Crippen LogP contribution in [0.5, 0.6) is 0 Å². The number of H-pyrrole nitrogens is 1. The van der Waals surface area contributed by atoms with Crippen molar-refractivity contribution in [2.24, 2.45) is 0 Å². The first kappa shape index (κ1) is 18.5. The third kappa shape index (κ3) is 3.76. The molecule has 3 rings (SSSR count). The number of pyridine rings is 1. The second-order valence-electron chi connectivity index (χ2n) is 5.86. The van der Waals surface area contributed by atoms with Gasteiger partial charge in [-0.3, -0.25) is 14.4 Å². The molecule has 9 heteroatoms. The molecule has 136 valence electrons. The Hall–Kier alpha value is -2.32. The van der Waals surface area contributed by atoms with Crippen LogP contribution in [0.1, 0.15) is 16.1 Å². The normalized spacial score (nSPS) is 14.1. The Kier molecular flexibility index (Phi) is 5.33. The van der Waals surface area contributed by atoms with Crippen molar-refractivity contribution < 1.29 is 9.59 Å². The molecule has 0 unspecified atom stereocenters. The van der Waals surface area contributed by atoms with E-state index in [4.69, 9.17) is 11.6 Å². The molecule has 7 nitrogen and oxygen atoms in total. The summed E-state index contributed by atoms with van der Waals surface area (Å²) in [5.41, 5.74) is 1.43. The first-order chi connectivity index (χ1) is 12.4. The van der Waals surface area contributed by atoms with E-state index >= 15 is 0 Å². The molecule has 1 fully saturated rings. The van der Waals surface area contributed by atoms with Crippen LogP contribution in [0.2, 0.25) is 5.02 Å². The summed E-state index contributed by atoms with van der Waals surface area (Å²) in [7, 11) is 0. The van der Waals surface area contributed by atoms with Crippen molar-refractivity contribution >= 4 is 50.7 Å². The fraction of sp³-hybridized carbons (Fsp3) is 0.235. The minimum atomic E-state index is -0.534. The number of aromatic nitrogens is 1. The minimum absolute atomic E-state index is 0.00428. The minimum Gasteiger partial charge on any atom is -0.363 e. The van der Waals surface area contributed by atoms with Crippen molar-refractivity contribution in [1.29, 1.82) is 0 Å². The van der Waals surface area contributed by atoms with Crippen LogP contribution in [0.3, 0.4) is 0 Å². The molecule has 0 atom stereocenters. The van der Waals surface area contributed by atoms with Gasteiger partial charge in [0.2, 0.25) is 11.3 Å². The van der Waals surface area contributed by atoms with E-state index in [1.165, 1.54) is 6.20 Å². The van der Waals surface area contributed by atoms with E-state index in [0.717, 1.165) is 5.69 Å². The molecular weight excluding hydrogens is 424 g/mol. The third-order valence-corrected chi connectivity index (χ3v) is 5.29. The number of aromatic amines is 1. The van der Waals surface area contributed by atoms with Crippen LogP contribution in [0.25, 0.3) is 0 Å². The van der Waals surface area contributed by atoms with Crippen molar-refractivity contribution in [3.05, 3.63) is 55.4 Å². The summed E-state index contributed by atoms with van der Waals surface area (Å²) >= 11 is 9.49. The van der Waals surface area contributed by atoms with Gasteiger partial charge in [0.15, 0.2) is 0 Å². The van der Waals surface area contributed by atoms with E-state index < -0.39 is 5.91 Å². The smallest absolute Gasteiger partial charge is 0.261 e. The molecule has 1 aromatic carbocycles. The van der Waals surface area contributed by atoms with E-state index in [1.807, 2.05) is 4.90 Å². The predicted molar refractivity (Wildman–Crippen MR) is 104 cm³/mol. The summed E-state index contributed by atoms with van der Waals surface area (Å²) in [6.07, 6.45) is 1.38. The number of hydrogen-bond donors (Lipinski definition) is 3. The zero-order valence-electron chi connectivity index (χ0n) is 13.9. The lowest BCUT2D eigenvalue weighted by Gasteiger charge is -2.29. The van der Waals surface area contributed by atoms with E-state index in [2.05, 4.69) is 31.5 Å². The molecular formula is C17H16BrClN4O3. The van der Waals surface area contributed by atoms with E-state index in [9.17, 15) is 14.4 Å². The SMILES string of the molecule is Cc1[nH]cc(C(=O)Nc2ccc(N3CCNC(=O)C3)c(Cl)c2)c(=O)c1Br. The van der Waals surface area contributed by atoms with Crippen molar-refractivity contribution in [1.82, 2.24) is 10.3 Å². The monoisotopic (exact) mass is 438 g/mol. The molecule has 26 heavy (non-hydrogen) atoms. The molecule has 0 bridgehead atoms. The quantitative estimate of drug-likeness (QED) is 0.684. The average molecular weight is 440 g/mol. The van der Waals surface area contributed by atoms with Crippen LogP contribution in [-0.2, 0) is 4.79 Å². The van der Waals surface area contributed by atoms with Gasteiger partial charge in [-0.25, -0.2) is 0 Å². The number of carbonyl (C=O) groups excluding carboxylic acids is 2. The molecule has 1 aliphatic heterocycles. The Balaban J connectivity index is 1.80. The molecule has 0 saturated carbocycles. The predicted octanol–water partition coefficient (Wildman–Crippen LogP) is 2.29. The fourth-order valence-corrected chi connectivity index (χ4v) is 3.28. The summed E-state index contributed by atoms with van der Waals surface area (Å²) in [6, 6.07) is 5.02. The molecule has 0 spiro atoms. The molecule has 0 radical (unpaired) electrons. The number of rotatable bonds is 3. The molecule has 0 aliphatic carbocycles. The number of hydrogen-bond acceptors (Lipinski definition) is 4. The lowest BCUT2D eigenvalue weighted by molar-refractivity contribution is -0.120. The van der Waals surface area contributed by atoms with Crippen LogP contribution in [-0.4, -0.2) is 36.4 Å². The van der Waals surface area contributed by atoms with Crippen LogP contribution in [0.4, 0.5) is 11.4 Å². The number of carbonyl (C=O) groups is 2. The Morgan fingerprint density at radius 3 is 2.81 bits per heavy atom. The number of amides is 2. The van der Waals surface area contributed by atoms with Crippen LogP contribution in [0.15, 0.2) is 33.7 Å². The van der Waals surface area contributed by atoms with Gasteiger partial charge in [-0.05, 0) is 41.1 Å². The van der Waals surface area contributed by atoms with Crippen LogP contribution in [0, 0.1) is 6.92 Å². The second-order valence-corrected chi connectivity index (χ2v) is 7.06. The van der Waals surface area contributed by atoms with Gasteiger partial charge in [-0.2, -0.15) is 0 Å². The van der Waals surface area contributed by atoms with Gasteiger partial charge in [0.25, 0.3) is 5.91 Å². The number of piperazine rings is 1. The van der Waals surface area contributed by atoms with Gasteiger partial charge < -0.3 is 20.5 Å². The van der Waals surface area contributed by atoms with Gasteiger partial charge >= 0.3 is 0 Å². The third-order valence-electron chi connectivity index (χ3n) is 4.04. The zero-order valence-corrected chi connectivity index (χ0v) is 16.2. The summed E-state index contributed by atoms with van der Waals surface area (Å²) in [6.45, 7) is 3.17. The molecule has 3 N–H and O–H groups in total. The summed E-state index contributed by atoms with van der Waals surface area (Å²) in [4.78, 5) is 40.8. The maximum Gasteiger partial charge on any atom is 0.261 e. The lowest BCUT2D eigenvalue weighted by atomic mass is 10.2. The van der Waals surface area contributed by atoms with Crippen molar-refractivity contribution in [2.45, 2.75) is 6.92 Å². The fourth-order valence-electron chi connectivity index (χ4n) is 2.65. The lowest BCUT2D eigenvalue weighted by Crippen LogP contribution is -2.47. The van der Waals surface area contributed by atoms with E-state index in [-0.39, 0.29) is 23.4 Å². The summed E-state index contributed by atoms with van der Waals surface area (Å²) in [5, 5.41) is 5.83. The van der Waals surface area contributed by atoms with Crippen molar-refractivity contribution in [2.75, 3.05) is 29.9 Å². The highest BCUT2D eigenvalue weighted by molar-refractivity contribution is 9.10. The van der Waals surface area contributed by atoms with Gasteiger partial charge in [-0.1, -0.05) is 11.6 Å². The Morgan fingerprint density at radius 2 is 2.12 bits per heavy atom. The molecule has 2 heterocycles. The van der Waals surface area contributed by atoms with Gasteiger partial charge in [0.05, 0.1) is 21.7 Å². The van der Waals surface area contributed by atoms with Crippen LogP contribution < -0.4 is 21.0 Å². The van der Waals surface area contributed by atoms with Gasteiger partial charge in [0.1, 0.15) is 5.56 Å². The first-order valence-corrected chi connectivity index (χ1v) is 9.04. The van der Waals surface area contributed by atoms with Gasteiger partial charge in [0, 0.05) is 30.7 Å². The Bertz CT molecular complexity index is 944. The van der Waals surface area contributed by atoms with Gasteiger partial charge in [-0.15, -0.1) is 0 Å². The maximum atomic E-state index is 12.4. The number of benzene rings is 1. The molecule has 2 aromatic rings. The average Bonchev–Trinajstić information content (AvgIpc) is 2.60. The standard InChI is InChI=1S/C17H16BrClN4O3/c1-9-15(18)16(25)11(7-21-9)17(26)22-10-2-3-13(12(19)6-10)23-5-4-20-14(24)8-23/h2-3,6-7H,4-5,8H2,1H3,(H,20,24)(H,21,25)(H,22,26). The van der Waals surface area contributed by atoms with E-state index in [0.29, 0.717) is 34.0 Å². The molecule has 1 saturated heterocycles. The highest BCUT2D eigenvalue weighted by Gasteiger charge is 2.19. The highest BCUT2D eigenvalue weighted by Crippen LogP contribution is 2.29. The van der Waals surface area contributed by atoms with Crippen LogP contribution >= 0.6 is 27.5 Å². The topological polar surface area (TPSA) is 94.3 Å². The maximum absolute atomic E-state index is 12.4. The number of anilines is 2. The Labute approximate surface area is 162 Å². The first-order valence-electron chi connectivity index (χ1n) is 7.87. The van der Waals surface area contributed by atoms with Crippen molar-refractivity contribution in [3.63, 3.8) is 0 Å². The van der Waals surface area contributed by atoms with Crippen molar-refractivity contribution in [3.8, 4) is 0 Å². The largest absolute Gasteiger partial charge is 0.363 e. The molecule has 1 aromatic heterocycles. The summed E-state index contributed by atoms with van der Waals surface area (Å²) < 4.78 is 0.321. The van der Waals surface area contributed by atoms with E-state index in [1.54, 1.807) is 25.1 Å². The molecule has 2 amide bonds. The number of halogens is 2. The zero-order chi connectivity index (χ0) is 18.8. The molecule has 1 aliphatic rings. The number of aryl methyl sites for hydroxylation is 1. The Morgan fingerprint density at radius 1 is 1.35 bits per heavy atom. The summed E-state index contributed by atoms with van der Waals surface area (Å²) in [5.74, 6) is -0.595.